The number of hydrogen-bond donors (Lipinski definition) is 1. The minimum atomic E-state index is -4.56. The van der Waals surface area contributed by atoms with E-state index in [0.717, 1.165) is 30.5 Å². The van der Waals surface area contributed by atoms with E-state index in [1.165, 1.54) is 18.3 Å². The van der Waals surface area contributed by atoms with E-state index in [0.29, 0.717) is 0 Å². The number of sulfone groups is 1. The molecule has 0 aliphatic rings. The van der Waals surface area contributed by atoms with Gasteiger partial charge in [-0.25, -0.2) is 26.5 Å². The zero-order valence-electron chi connectivity index (χ0n) is 13.9. The lowest BCUT2D eigenvalue weighted by Crippen LogP contribution is -2.25. The molecule has 0 radical (unpaired) electrons. The van der Waals surface area contributed by atoms with Crippen molar-refractivity contribution in [2.24, 2.45) is 0 Å². The predicted octanol–water partition coefficient (Wildman–Crippen LogP) is 1.90. The molecule has 7 nitrogen and oxygen atoms in total. The van der Waals surface area contributed by atoms with Crippen LogP contribution in [0.3, 0.4) is 0 Å². The molecular formula is C15H15F3N2O5S2. The average molecular weight is 424 g/mol. The molecule has 0 aliphatic heterocycles. The van der Waals surface area contributed by atoms with Gasteiger partial charge in [-0.3, -0.25) is 0 Å². The quantitative estimate of drug-likeness (QED) is 0.729. The zero-order chi connectivity index (χ0) is 20.3. The van der Waals surface area contributed by atoms with Gasteiger partial charge in [-0.1, -0.05) is 6.07 Å². The molecule has 148 valence electrons. The number of nitrogens with zero attached hydrogens (tertiary/aromatic N) is 1. The molecule has 0 fully saturated rings. The van der Waals surface area contributed by atoms with Gasteiger partial charge >= 0.3 is 6.18 Å². The first-order chi connectivity index (χ1) is 12.4. The monoisotopic (exact) mass is 424 g/mol. The number of hydrogen-bond acceptors (Lipinski definition) is 6. The molecular weight excluding hydrogens is 409 g/mol. The number of rotatable bonds is 7. The van der Waals surface area contributed by atoms with E-state index >= 15 is 0 Å². The van der Waals surface area contributed by atoms with Crippen LogP contribution in [-0.4, -0.2) is 40.9 Å². The molecule has 2 rings (SSSR count). The molecule has 0 unspecified atom stereocenters. The first-order valence-electron chi connectivity index (χ1n) is 7.32. The third kappa shape index (κ3) is 6.19. The van der Waals surface area contributed by atoms with Gasteiger partial charge in [-0.2, -0.15) is 13.2 Å². The normalized spacial score (nSPS) is 12.7. The van der Waals surface area contributed by atoms with Gasteiger partial charge in [0.25, 0.3) is 0 Å². The van der Waals surface area contributed by atoms with E-state index < -0.39 is 32.6 Å². The highest BCUT2D eigenvalue weighted by molar-refractivity contribution is 7.90. The van der Waals surface area contributed by atoms with Crippen molar-refractivity contribution in [3.8, 4) is 5.88 Å². The Morgan fingerprint density at radius 3 is 2.19 bits per heavy atom. The summed E-state index contributed by atoms with van der Waals surface area (Å²) in [5.74, 6) is -0.343. The highest BCUT2D eigenvalue weighted by Gasteiger charge is 2.29. The van der Waals surface area contributed by atoms with E-state index in [4.69, 9.17) is 0 Å². The highest BCUT2D eigenvalue weighted by atomic mass is 32.2. The Bertz CT molecular complexity index is 1000. The van der Waals surface area contributed by atoms with Gasteiger partial charge in [0.1, 0.15) is 0 Å². The number of benzene rings is 1. The summed E-state index contributed by atoms with van der Waals surface area (Å²) in [6.45, 7) is -1.92. The lowest BCUT2D eigenvalue weighted by molar-refractivity contribution is -0.154. The summed E-state index contributed by atoms with van der Waals surface area (Å²) in [5.41, 5.74) is 0.109. The van der Waals surface area contributed by atoms with Crippen molar-refractivity contribution < 1.29 is 34.7 Å². The topological polar surface area (TPSA) is 102 Å². The van der Waals surface area contributed by atoms with Crippen molar-refractivity contribution >= 4 is 19.9 Å². The largest absolute Gasteiger partial charge is 0.468 e. The third-order valence-corrected chi connectivity index (χ3v) is 5.78. The standard InChI is InChI=1S/C15H15F3N2O5S2/c1-26(21,22)12-4-6-13(7-5-12)27(23,24)20-9-11-3-2-8-19-14(11)25-10-15(16,17)18/h2-8,20H,9-10H2,1H3. The number of halogens is 3. The summed E-state index contributed by atoms with van der Waals surface area (Å²) in [6, 6.07) is 7.31. The maximum Gasteiger partial charge on any atom is 0.422 e. The van der Waals surface area contributed by atoms with Crippen molar-refractivity contribution in [3.63, 3.8) is 0 Å². The van der Waals surface area contributed by atoms with Crippen molar-refractivity contribution in [2.75, 3.05) is 12.9 Å². The molecule has 27 heavy (non-hydrogen) atoms. The molecule has 2 aromatic rings. The lowest BCUT2D eigenvalue weighted by atomic mass is 10.3. The van der Waals surface area contributed by atoms with Crippen LogP contribution in [0.25, 0.3) is 0 Å². The summed E-state index contributed by atoms with van der Waals surface area (Å²) in [5, 5.41) is 0. The number of aromatic nitrogens is 1. The molecule has 0 atom stereocenters. The Morgan fingerprint density at radius 1 is 1.04 bits per heavy atom. The zero-order valence-corrected chi connectivity index (χ0v) is 15.5. The van der Waals surface area contributed by atoms with E-state index in [1.807, 2.05) is 0 Å². The maximum atomic E-state index is 12.3. The Morgan fingerprint density at radius 2 is 1.63 bits per heavy atom. The van der Waals surface area contributed by atoms with Gasteiger partial charge in [0.15, 0.2) is 16.4 Å². The summed E-state index contributed by atoms with van der Waals surface area (Å²) >= 11 is 0. The van der Waals surface area contributed by atoms with Crippen LogP contribution in [0, 0.1) is 0 Å². The number of ether oxygens (including phenoxy) is 1. The highest BCUT2D eigenvalue weighted by Crippen LogP contribution is 2.21. The Kier molecular flexibility index (Phi) is 6.12. The molecule has 1 aromatic carbocycles. The van der Waals surface area contributed by atoms with Crippen LogP contribution in [0.2, 0.25) is 0 Å². The lowest BCUT2D eigenvalue weighted by Gasteiger charge is -2.12. The first-order valence-corrected chi connectivity index (χ1v) is 10.7. The summed E-state index contributed by atoms with van der Waals surface area (Å²) < 4.78 is 91.0. The minimum absolute atomic E-state index is 0.0449. The minimum Gasteiger partial charge on any atom is -0.468 e. The van der Waals surface area contributed by atoms with Gasteiger partial charge in [0.2, 0.25) is 15.9 Å². The summed E-state index contributed by atoms with van der Waals surface area (Å²) in [6.07, 6.45) is -2.36. The first kappa shape index (κ1) is 21.1. The molecule has 0 bridgehead atoms. The van der Waals surface area contributed by atoms with E-state index in [9.17, 15) is 30.0 Å². The van der Waals surface area contributed by atoms with Crippen molar-refractivity contribution in [3.05, 3.63) is 48.2 Å². The molecule has 0 saturated carbocycles. The van der Waals surface area contributed by atoms with E-state index in [-0.39, 0.29) is 27.8 Å². The molecule has 1 heterocycles. The van der Waals surface area contributed by atoms with E-state index in [1.54, 1.807) is 0 Å². The summed E-state index contributed by atoms with van der Waals surface area (Å²) in [4.78, 5) is 3.43. The Balaban J connectivity index is 2.14. The fraction of sp³-hybridized carbons (Fsp3) is 0.267. The van der Waals surface area contributed by atoms with Gasteiger partial charge in [0.05, 0.1) is 9.79 Å². The molecule has 0 spiro atoms. The van der Waals surface area contributed by atoms with Crippen LogP contribution in [-0.2, 0) is 26.4 Å². The molecule has 12 heteroatoms. The van der Waals surface area contributed by atoms with Crippen LogP contribution in [0.4, 0.5) is 13.2 Å². The number of nitrogens with one attached hydrogen (secondary N) is 1. The molecule has 0 aliphatic carbocycles. The SMILES string of the molecule is CS(=O)(=O)c1ccc(S(=O)(=O)NCc2cccnc2OCC(F)(F)F)cc1. The fourth-order valence-corrected chi connectivity index (χ4v) is 3.60. The molecule has 1 aromatic heterocycles. The Labute approximate surface area is 154 Å². The molecule has 1 N–H and O–H groups in total. The predicted molar refractivity (Wildman–Crippen MR) is 89.4 cm³/mol. The number of sulfonamides is 1. The maximum absolute atomic E-state index is 12.3. The van der Waals surface area contributed by atoms with Gasteiger partial charge < -0.3 is 4.74 Å². The molecule has 0 amide bonds. The van der Waals surface area contributed by atoms with Gasteiger partial charge in [-0.05, 0) is 30.3 Å². The van der Waals surface area contributed by atoms with Gasteiger partial charge in [0, 0.05) is 24.6 Å². The Hall–Kier alpha value is -2.18. The van der Waals surface area contributed by atoms with Crippen molar-refractivity contribution in [2.45, 2.75) is 22.5 Å². The van der Waals surface area contributed by atoms with Crippen LogP contribution in [0.5, 0.6) is 5.88 Å². The number of alkyl halides is 3. The second-order valence-corrected chi connectivity index (χ2v) is 9.22. The van der Waals surface area contributed by atoms with Crippen LogP contribution in [0.1, 0.15) is 5.56 Å². The smallest absolute Gasteiger partial charge is 0.422 e. The second-order valence-electron chi connectivity index (χ2n) is 5.44. The van der Waals surface area contributed by atoms with Gasteiger partial charge in [-0.15, -0.1) is 0 Å². The van der Waals surface area contributed by atoms with E-state index in [2.05, 4.69) is 14.4 Å². The average Bonchev–Trinajstić information content (AvgIpc) is 2.57. The molecule has 0 saturated heterocycles. The third-order valence-electron chi connectivity index (χ3n) is 3.24. The van der Waals surface area contributed by atoms with Crippen LogP contribution >= 0.6 is 0 Å². The fourth-order valence-electron chi connectivity index (χ4n) is 1.96. The van der Waals surface area contributed by atoms with Crippen molar-refractivity contribution in [1.82, 2.24) is 9.71 Å². The van der Waals surface area contributed by atoms with Crippen molar-refractivity contribution in [1.29, 1.82) is 0 Å². The van der Waals surface area contributed by atoms with Crippen LogP contribution in [0.15, 0.2) is 52.4 Å². The summed E-state index contributed by atoms with van der Waals surface area (Å²) in [7, 11) is -7.51. The van der Waals surface area contributed by atoms with Crippen LogP contribution < -0.4 is 9.46 Å². The second kappa shape index (κ2) is 7.82. The number of pyridine rings is 1.